The zero-order chi connectivity index (χ0) is 13.9. The highest BCUT2D eigenvalue weighted by Crippen LogP contribution is 2.33. The van der Waals surface area contributed by atoms with Crippen LogP contribution in [0.4, 0.5) is 4.79 Å². The van der Waals surface area contributed by atoms with Crippen molar-refractivity contribution in [2.24, 2.45) is 0 Å². The smallest absolute Gasteiger partial charge is 0.315 e. The van der Waals surface area contributed by atoms with Gasteiger partial charge in [0.25, 0.3) is 0 Å². The standard InChI is InChI=1S/C13H18N4O2S/c18-11(17-6-5-14-8-17)4-2-1-3-10-12-9(7-20-10)15-13(19)16-12/h5-6,8-10,12H,1-4,7H2,(H2,15,16,19). The van der Waals surface area contributed by atoms with Crippen molar-refractivity contribution in [3.05, 3.63) is 18.7 Å². The lowest BCUT2D eigenvalue weighted by molar-refractivity contribution is 0.0898. The van der Waals surface area contributed by atoms with E-state index in [0.29, 0.717) is 11.7 Å². The van der Waals surface area contributed by atoms with E-state index in [2.05, 4.69) is 15.6 Å². The van der Waals surface area contributed by atoms with Crippen molar-refractivity contribution in [3.63, 3.8) is 0 Å². The number of carbonyl (C=O) groups excluding carboxylic acids is 2. The number of aromatic nitrogens is 2. The molecule has 0 bridgehead atoms. The summed E-state index contributed by atoms with van der Waals surface area (Å²) in [6, 6.07) is 0.502. The van der Waals surface area contributed by atoms with Gasteiger partial charge in [0.05, 0.1) is 12.1 Å². The Bertz CT molecular complexity index is 491. The molecule has 3 rings (SSSR count). The van der Waals surface area contributed by atoms with Crippen molar-refractivity contribution in [3.8, 4) is 0 Å². The molecule has 3 heterocycles. The van der Waals surface area contributed by atoms with Gasteiger partial charge in [-0.1, -0.05) is 6.42 Å². The fraction of sp³-hybridized carbons (Fsp3) is 0.615. The maximum absolute atomic E-state index is 11.8. The Labute approximate surface area is 121 Å². The third-order valence-electron chi connectivity index (χ3n) is 3.86. The van der Waals surface area contributed by atoms with Gasteiger partial charge in [-0.25, -0.2) is 9.78 Å². The number of nitrogens with one attached hydrogen (secondary N) is 2. The molecule has 6 nitrogen and oxygen atoms in total. The van der Waals surface area contributed by atoms with Crippen LogP contribution in [-0.4, -0.2) is 44.6 Å². The fourth-order valence-corrected chi connectivity index (χ4v) is 4.34. The Morgan fingerprint density at radius 1 is 1.45 bits per heavy atom. The van der Waals surface area contributed by atoms with Gasteiger partial charge in [0.1, 0.15) is 6.33 Å². The summed E-state index contributed by atoms with van der Waals surface area (Å²) in [6.45, 7) is 0. The molecule has 3 atom stereocenters. The highest BCUT2D eigenvalue weighted by Gasteiger charge is 2.42. The molecule has 0 saturated carbocycles. The largest absolute Gasteiger partial charge is 0.332 e. The molecule has 2 N–H and O–H groups in total. The fourth-order valence-electron chi connectivity index (χ4n) is 2.80. The molecule has 2 fully saturated rings. The predicted octanol–water partition coefficient (Wildman–Crippen LogP) is 1.25. The maximum Gasteiger partial charge on any atom is 0.315 e. The molecule has 7 heteroatoms. The number of amides is 2. The molecular formula is C13H18N4O2S. The van der Waals surface area contributed by atoms with Crippen LogP contribution in [0.1, 0.15) is 30.5 Å². The molecule has 2 amide bonds. The van der Waals surface area contributed by atoms with E-state index in [1.807, 2.05) is 11.8 Å². The summed E-state index contributed by atoms with van der Waals surface area (Å²) in [5, 5.41) is 6.40. The second-order valence-corrected chi connectivity index (χ2v) is 6.50. The van der Waals surface area contributed by atoms with Gasteiger partial charge in [0.15, 0.2) is 0 Å². The third-order valence-corrected chi connectivity index (χ3v) is 5.37. The minimum atomic E-state index is -0.0411. The van der Waals surface area contributed by atoms with Crippen molar-refractivity contribution in [1.82, 2.24) is 20.2 Å². The van der Waals surface area contributed by atoms with Gasteiger partial charge >= 0.3 is 6.03 Å². The van der Waals surface area contributed by atoms with Crippen LogP contribution in [0.3, 0.4) is 0 Å². The molecule has 0 aromatic carbocycles. The van der Waals surface area contributed by atoms with Crippen molar-refractivity contribution in [2.45, 2.75) is 43.0 Å². The van der Waals surface area contributed by atoms with E-state index >= 15 is 0 Å². The van der Waals surface area contributed by atoms with Crippen LogP contribution in [0.25, 0.3) is 0 Å². The quantitative estimate of drug-likeness (QED) is 0.633. The zero-order valence-electron chi connectivity index (χ0n) is 11.1. The van der Waals surface area contributed by atoms with E-state index in [9.17, 15) is 9.59 Å². The molecule has 0 radical (unpaired) electrons. The van der Waals surface area contributed by atoms with Gasteiger partial charge < -0.3 is 10.6 Å². The van der Waals surface area contributed by atoms with Gasteiger partial charge in [0, 0.05) is 29.8 Å². The molecule has 20 heavy (non-hydrogen) atoms. The first-order valence-electron chi connectivity index (χ1n) is 6.94. The molecule has 2 aliphatic heterocycles. The average molecular weight is 294 g/mol. The Hall–Kier alpha value is -1.50. The highest BCUT2D eigenvalue weighted by molar-refractivity contribution is 8.00. The average Bonchev–Trinajstić information content (AvgIpc) is 3.11. The van der Waals surface area contributed by atoms with Gasteiger partial charge in [0.2, 0.25) is 5.91 Å². The lowest BCUT2D eigenvalue weighted by atomic mass is 10.0. The van der Waals surface area contributed by atoms with Crippen molar-refractivity contribution in [2.75, 3.05) is 5.75 Å². The molecule has 2 saturated heterocycles. The van der Waals surface area contributed by atoms with Crippen LogP contribution in [0.2, 0.25) is 0 Å². The van der Waals surface area contributed by atoms with E-state index in [-0.39, 0.29) is 24.0 Å². The minimum Gasteiger partial charge on any atom is -0.332 e. The van der Waals surface area contributed by atoms with Crippen molar-refractivity contribution < 1.29 is 9.59 Å². The monoisotopic (exact) mass is 294 g/mol. The second-order valence-electron chi connectivity index (χ2n) is 5.23. The Morgan fingerprint density at radius 2 is 2.35 bits per heavy atom. The number of rotatable bonds is 5. The van der Waals surface area contributed by atoms with Crippen molar-refractivity contribution in [1.29, 1.82) is 0 Å². The molecule has 0 aliphatic carbocycles. The normalized spacial score (nSPS) is 28.0. The van der Waals surface area contributed by atoms with Gasteiger partial charge in [-0.3, -0.25) is 9.36 Å². The molecule has 3 unspecified atom stereocenters. The van der Waals surface area contributed by atoms with Gasteiger partial charge in [-0.2, -0.15) is 11.8 Å². The van der Waals surface area contributed by atoms with E-state index in [1.54, 1.807) is 18.7 Å². The van der Waals surface area contributed by atoms with Crippen LogP contribution < -0.4 is 10.6 Å². The molecule has 0 spiro atoms. The van der Waals surface area contributed by atoms with Gasteiger partial charge in [-0.15, -0.1) is 0 Å². The van der Waals surface area contributed by atoms with E-state index in [0.717, 1.165) is 25.0 Å². The molecule has 1 aromatic rings. The number of hydrogen-bond acceptors (Lipinski definition) is 4. The van der Waals surface area contributed by atoms with Crippen LogP contribution in [0, 0.1) is 0 Å². The summed E-state index contributed by atoms with van der Waals surface area (Å²) in [4.78, 5) is 26.9. The van der Waals surface area contributed by atoms with Crippen LogP contribution in [0.5, 0.6) is 0 Å². The Kier molecular flexibility index (Phi) is 3.95. The number of nitrogens with zero attached hydrogens (tertiary/aromatic N) is 2. The predicted molar refractivity (Wildman–Crippen MR) is 76.8 cm³/mol. The molecule has 108 valence electrons. The lowest BCUT2D eigenvalue weighted by Crippen LogP contribution is -2.36. The highest BCUT2D eigenvalue weighted by atomic mass is 32.2. The summed E-state index contributed by atoms with van der Waals surface area (Å²) in [6.07, 6.45) is 8.32. The van der Waals surface area contributed by atoms with Crippen LogP contribution >= 0.6 is 11.8 Å². The van der Waals surface area contributed by atoms with E-state index in [1.165, 1.54) is 4.57 Å². The maximum atomic E-state index is 11.8. The summed E-state index contributed by atoms with van der Waals surface area (Å²) in [5.41, 5.74) is 0. The first kappa shape index (κ1) is 13.5. The minimum absolute atomic E-state index is 0.0411. The summed E-state index contributed by atoms with van der Waals surface area (Å²) in [5.74, 6) is 1.08. The third kappa shape index (κ3) is 2.82. The summed E-state index contributed by atoms with van der Waals surface area (Å²) < 4.78 is 1.53. The number of unbranched alkanes of at least 4 members (excludes halogenated alkanes) is 1. The van der Waals surface area contributed by atoms with E-state index < -0.39 is 0 Å². The molecule has 1 aromatic heterocycles. The lowest BCUT2D eigenvalue weighted by Gasteiger charge is -2.16. The summed E-state index contributed by atoms with van der Waals surface area (Å²) >= 11 is 1.92. The number of thioether (sulfide) groups is 1. The number of urea groups is 1. The second kappa shape index (κ2) is 5.87. The van der Waals surface area contributed by atoms with Gasteiger partial charge in [-0.05, 0) is 12.8 Å². The van der Waals surface area contributed by atoms with Crippen molar-refractivity contribution >= 4 is 23.7 Å². The molecular weight excluding hydrogens is 276 g/mol. The molecule has 2 aliphatic rings. The first-order valence-corrected chi connectivity index (χ1v) is 7.99. The number of imidazole rings is 1. The zero-order valence-corrected chi connectivity index (χ0v) is 11.9. The Balaban J connectivity index is 1.38. The Morgan fingerprint density at radius 3 is 3.15 bits per heavy atom. The SMILES string of the molecule is O=C1NC2CSC(CCCCC(=O)n3ccnc3)C2N1. The number of hydrogen-bond donors (Lipinski definition) is 2. The first-order chi connectivity index (χ1) is 9.74. The number of fused-ring (bicyclic) bond motifs is 1. The number of carbonyl (C=O) groups is 2. The topological polar surface area (TPSA) is 76.0 Å². The van der Waals surface area contributed by atoms with Crippen LogP contribution in [0.15, 0.2) is 18.7 Å². The summed E-state index contributed by atoms with van der Waals surface area (Å²) in [7, 11) is 0. The van der Waals surface area contributed by atoms with E-state index in [4.69, 9.17) is 0 Å². The van der Waals surface area contributed by atoms with Crippen LogP contribution in [-0.2, 0) is 0 Å².